The van der Waals surface area contributed by atoms with E-state index in [1.54, 1.807) is 12.1 Å². The molecule has 0 radical (unpaired) electrons. The number of carbonyl (C=O) groups is 2. The van der Waals surface area contributed by atoms with Gasteiger partial charge >= 0.3 is 0 Å². The number of aromatic nitrogens is 2. The molecule has 4 rings (SSSR count). The minimum absolute atomic E-state index is 0.0614. The molecule has 2 aliphatic rings. The Kier molecular flexibility index (Phi) is 4.36. The van der Waals surface area contributed by atoms with E-state index in [1.807, 2.05) is 15.6 Å². The lowest BCUT2D eigenvalue weighted by Crippen LogP contribution is -2.43. The number of fused-ring (bicyclic) bond motifs is 1. The Hall–Kier alpha value is -2.83. The predicted octanol–water partition coefficient (Wildman–Crippen LogP) is 1.66. The van der Waals surface area contributed by atoms with E-state index in [2.05, 4.69) is 10.4 Å². The van der Waals surface area contributed by atoms with Crippen molar-refractivity contribution in [2.45, 2.75) is 38.9 Å². The fraction of sp³-hybridized carbons (Fsp3) is 0.421. The van der Waals surface area contributed by atoms with Crippen LogP contribution in [0, 0.1) is 5.92 Å². The van der Waals surface area contributed by atoms with E-state index in [0.717, 1.165) is 30.7 Å². The first-order valence-electron chi connectivity index (χ1n) is 9.02. The highest BCUT2D eigenvalue weighted by atomic mass is 16.3. The third-order valence-electron chi connectivity index (χ3n) is 5.15. The Morgan fingerprint density at radius 3 is 2.81 bits per heavy atom. The Morgan fingerprint density at radius 2 is 2.08 bits per heavy atom. The minimum Gasteiger partial charge on any atom is -0.508 e. The number of carbonyl (C=O) groups excluding carboxylic acids is 2. The fourth-order valence-electron chi connectivity index (χ4n) is 3.43. The Balaban J connectivity index is 1.37. The molecule has 2 N–H and O–H groups in total. The summed E-state index contributed by atoms with van der Waals surface area (Å²) < 4.78 is 1.92. The number of nitrogens with one attached hydrogen (secondary N) is 1. The van der Waals surface area contributed by atoms with Gasteiger partial charge in [0.15, 0.2) is 0 Å². The smallest absolute Gasteiger partial charge is 0.251 e. The van der Waals surface area contributed by atoms with Crippen LogP contribution >= 0.6 is 0 Å². The van der Waals surface area contributed by atoms with Gasteiger partial charge < -0.3 is 15.3 Å². The highest BCUT2D eigenvalue weighted by Gasteiger charge is 2.31. The largest absolute Gasteiger partial charge is 0.508 e. The summed E-state index contributed by atoms with van der Waals surface area (Å²) in [6.45, 7) is 2.28. The molecule has 0 unspecified atom stereocenters. The molecule has 0 saturated heterocycles. The monoisotopic (exact) mass is 354 g/mol. The quantitative estimate of drug-likeness (QED) is 0.874. The van der Waals surface area contributed by atoms with Gasteiger partial charge in [0.1, 0.15) is 5.75 Å². The molecule has 1 saturated carbocycles. The Morgan fingerprint density at radius 1 is 1.23 bits per heavy atom. The van der Waals surface area contributed by atoms with E-state index < -0.39 is 0 Å². The third kappa shape index (κ3) is 3.29. The van der Waals surface area contributed by atoms with E-state index in [9.17, 15) is 14.7 Å². The van der Waals surface area contributed by atoms with Gasteiger partial charge in [-0.05, 0) is 37.1 Å². The third-order valence-corrected chi connectivity index (χ3v) is 5.15. The molecule has 2 heterocycles. The average molecular weight is 354 g/mol. The van der Waals surface area contributed by atoms with Crippen LogP contribution in [0.1, 0.15) is 41.0 Å². The van der Waals surface area contributed by atoms with Crippen molar-refractivity contribution in [3.05, 3.63) is 47.3 Å². The minimum atomic E-state index is -0.256. The molecule has 136 valence electrons. The van der Waals surface area contributed by atoms with Crippen molar-refractivity contribution >= 4 is 11.8 Å². The van der Waals surface area contributed by atoms with Crippen molar-refractivity contribution in [1.82, 2.24) is 20.0 Å². The molecular formula is C19H22N4O3. The van der Waals surface area contributed by atoms with Crippen LogP contribution in [0.3, 0.4) is 0 Å². The first kappa shape index (κ1) is 16.6. The highest BCUT2D eigenvalue weighted by molar-refractivity contribution is 5.94. The molecular weight excluding hydrogens is 332 g/mol. The second-order valence-electron chi connectivity index (χ2n) is 6.97. The number of phenolic OH excluding ortho intramolecular Hbond substituents is 1. The van der Waals surface area contributed by atoms with Gasteiger partial charge in [0.05, 0.1) is 31.0 Å². The number of nitrogens with zero attached hydrogens (tertiary/aromatic N) is 3. The molecule has 1 aliphatic carbocycles. The zero-order valence-corrected chi connectivity index (χ0v) is 14.5. The summed E-state index contributed by atoms with van der Waals surface area (Å²) in [5, 5.41) is 16.8. The number of rotatable bonds is 4. The molecule has 26 heavy (non-hydrogen) atoms. The summed E-state index contributed by atoms with van der Waals surface area (Å²) in [5.74, 6) is 0.285. The van der Waals surface area contributed by atoms with Crippen LogP contribution in [0.2, 0.25) is 0 Å². The summed E-state index contributed by atoms with van der Waals surface area (Å²) in [4.78, 5) is 26.5. The summed E-state index contributed by atoms with van der Waals surface area (Å²) >= 11 is 0. The van der Waals surface area contributed by atoms with E-state index in [0.29, 0.717) is 31.7 Å². The predicted molar refractivity (Wildman–Crippen MR) is 94.3 cm³/mol. The molecule has 0 spiro atoms. The molecule has 7 nitrogen and oxygen atoms in total. The van der Waals surface area contributed by atoms with Crippen LogP contribution < -0.4 is 5.32 Å². The summed E-state index contributed by atoms with van der Waals surface area (Å²) in [7, 11) is 0. The lowest BCUT2D eigenvalue weighted by Gasteiger charge is -2.34. The molecule has 1 aromatic carbocycles. The molecule has 0 bridgehead atoms. The van der Waals surface area contributed by atoms with Crippen molar-refractivity contribution in [1.29, 1.82) is 0 Å². The molecule has 7 heteroatoms. The van der Waals surface area contributed by atoms with Crippen LogP contribution in [0.15, 0.2) is 30.3 Å². The SMILES string of the molecule is O=C(NCc1cc2n(n1)CCN(C(=O)C1CCC1)C2)c1cccc(O)c1. The van der Waals surface area contributed by atoms with Crippen LogP contribution in [-0.2, 0) is 24.4 Å². The molecule has 1 fully saturated rings. The van der Waals surface area contributed by atoms with Crippen molar-refractivity contribution in [2.24, 2.45) is 5.92 Å². The zero-order valence-electron chi connectivity index (χ0n) is 14.5. The molecule has 0 atom stereocenters. The van der Waals surface area contributed by atoms with E-state index >= 15 is 0 Å². The van der Waals surface area contributed by atoms with E-state index in [4.69, 9.17) is 0 Å². The van der Waals surface area contributed by atoms with E-state index in [1.165, 1.54) is 12.1 Å². The van der Waals surface area contributed by atoms with Crippen molar-refractivity contribution in [3.8, 4) is 5.75 Å². The molecule has 1 aliphatic heterocycles. The first-order valence-corrected chi connectivity index (χ1v) is 9.02. The van der Waals surface area contributed by atoms with Gasteiger partial charge in [-0.3, -0.25) is 14.3 Å². The lowest BCUT2D eigenvalue weighted by atomic mass is 9.84. The topological polar surface area (TPSA) is 87.5 Å². The zero-order chi connectivity index (χ0) is 18.1. The lowest BCUT2D eigenvalue weighted by molar-refractivity contribution is -0.139. The van der Waals surface area contributed by atoms with Crippen LogP contribution in [0.4, 0.5) is 0 Å². The van der Waals surface area contributed by atoms with Crippen molar-refractivity contribution < 1.29 is 14.7 Å². The molecule has 1 aromatic heterocycles. The summed E-state index contributed by atoms with van der Waals surface area (Å²) in [6.07, 6.45) is 3.19. The number of aromatic hydroxyl groups is 1. The van der Waals surface area contributed by atoms with Gasteiger partial charge in [0.2, 0.25) is 5.91 Å². The second kappa shape index (κ2) is 6.82. The second-order valence-corrected chi connectivity index (χ2v) is 6.97. The Labute approximate surface area is 151 Å². The van der Waals surface area contributed by atoms with Gasteiger partial charge in [-0.2, -0.15) is 5.10 Å². The summed E-state index contributed by atoms with van der Waals surface area (Å²) in [5.41, 5.74) is 2.18. The Bertz CT molecular complexity index is 841. The maximum absolute atomic E-state index is 12.4. The van der Waals surface area contributed by atoms with Crippen LogP contribution in [0.25, 0.3) is 0 Å². The van der Waals surface area contributed by atoms with E-state index in [-0.39, 0.29) is 23.5 Å². The molecule has 2 aromatic rings. The number of phenols is 1. The maximum Gasteiger partial charge on any atom is 0.251 e. The van der Waals surface area contributed by atoms with Gasteiger partial charge in [-0.15, -0.1) is 0 Å². The van der Waals surface area contributed by atoms with Gasteiger partial charge in [-0.25, -0.2) is 0 Å². The van der Waals surface area contributed by atoms with Crippen LogP contribution in [-0.4, -0.2) is 38.1 Å². The van der Waals surface area contributed by atoms with Crippen LogP contribution in [0.5, 0.6) is 5.75 Å². The highest BCUT2D eigenvalue weighted by Crippen LogP contribution is 2.29. The summed E-state index contributed by atoms with van der Waals surface area (Å²) in [6, 6.07) is 8.18. The molecule has 2 amide bonds. The normalized spacial score (nSPS) is 16.7. The van der Waals surface area contributed by atoms with Crippen molar-refractivity contribution in [3.63, 3.8) is 0 Å². The number of amides is 2. The van der Waals surface area contributed by atoms with Gasteiger partial charge in [0, 0.05) is 18.0 Å². The fourth-order valence-corrected chi connectivity index (χ4v) is 3.43. The number of hydrogen-bond donors (Lipinski definition) is 2. The average Bonchev–Trinajstić information content (AvgIpc) is 3.00. The van der Waals surface area contributed by atoms with Crippen molar-refractivity contribution in [2.75, 3.05) is 6.54 Å². The maximum atomic E-state index is 12.4. The first-order chi connectivity index (χ1) is 12.6. The van der Waals surface area contributed by atoms with Gasteiger partial charge in [-0.1, -0.05) is 12.5 Å². The number of hydrogen-bond acceptors (Lipinski definition) is 4. The van der Waals surface area contributed by atoms with Gasteiger partial charge in [0.25, 0.3) is 5.91 Å². The standard InChI is InChI=1S/C19H22N4O3/c24-17-6-2-5-14(9-17)18(25)20-11-15-10-16-12-22(7-8-23(16)21-15)19(26)13-3-1-4-13/h2,5-6,9-10,13,24H,1,3-4,7-8,11-12H2,(H,20,25). The number of benzene rings is 1.